The van der Waals surface area contributed by atoms with Gasteiger partial charge in [0.05, 0.1) is 12.1 Å². The number of ether oxygens (including phenoxy) is 1. The van der Waals surface area contributed by atoms with Gasteiger partial charge in [0.15, 0.2) is 5.60 Å². The number of benzene rings is 1. The SMILES string of the molecule is CC(C)(Oc1ccc(F)cc1C(F)(F)F)C(=O)N[C@H]1C[C@H]2CC[C@@H](C1)N2c1ccc(C(=O)NCC(F)F)cn1. The summed E-state index contributed by atoms with van der Waals surface area (Å²) in [4.78, 5) is 31.5. The van der Waals surface area contributed by atoms with E-state index in [9.17, 15) is 35.9 Å². The number of hydrogen-bond acceptors (Lipinski definition) is 5. The fourth-order valence-electron chi connectivity index (χ4n) is 5.11. The maximum absolute atomic E-state index is 13.4. The standard InChI is InChI=1S/C26H28F6N4O3/c1-25(2,39-20-7-4-15(27)9-19(20)26(30,31)32)24(38)35-16-10-17-5-6-18(11-16)36(17)22-8-3-14(12-33-22)23(37)34-13-21(28)29/h3-4,7-9,12,16-18,21H,5-6,10-11,13H2,1-2H3,(H,34,37)(H,35,38)/t16-,17+,18-. The number of alkyl halides is 5. The van der Waals surface area contributed by atoms with Crippen molar-refractivity contribution in [1.29, 1.82) is 0 Å². The van der Waals surface area contributed by atoms with Crippen LogP contribution in [-0.4, -0.2) is 53.5 Å². The summed E-state index contributed by atoms with van der Waals surface area (Å²) in [6.07, 6.45) is -3.41. The van der Waals surface area contributed by atoms with Crippen LogP contribution in [0.4, 0.5) is 32.2 Å². The summed E-state index contributed by atoms with van der Waals surface area (Å²) >= 11 is 0. The van der Waals surface area contributed by atoms with Crippen molar-refractivity contribution in [2.24, 2.45) is 0 Å². The molecule has 3 heterocycles. The molecule has 2 fully saturated rings. The molecule has 7 nitrogen and oxygen atoms in total. The summed E-state index contributed by atoms with van der Waals surface area (Å²) in [7, 11) is 0. The number of carbonyl (C=O) groups excluding carboxylic acids is 2. The molecule has 0 spiro atoms. The first-order valence-electron chi connectivity index (χ1n) is 12.4. The second kappa shape index (κ2) is 10.9. The smallest absolute Gasteiger partial charge is 0.420 e. The Morgan fingerprint density at radius 2 is 1.77 bits per heavy atom. The van der Waals surface area contributed by atoms with Gasteiger partial charge >= 0.3 is 6.18 Å². The van der Waals surface area contributed by atoms with Crippen LogP contribution in [0, 0.1) is 5.82 Å². The summed E-state index contributed by atoms with van der Waals surface area (Å²) in [5, 5.41) is 5.01. The fraction of sp³-hybridized carbons (Fsp3) is 0.500. The summed E-state index contributed by atoms with van der Waals surface area (Å²) < 4.78 is 83.7. The molecule has 3 atom stereocenters. The average molecular weight is 559 g/mol. The van der Waals surface area contributed by atoms with E-state index >= 15 is 0 Å². The number of anilines is 1. The Kier molecular flexibility index (Phi) is 7.99. The molecule has 2 aliphatic rings. The highest BCUT2D eigenvalue weighted by Crippen LogP contribution is 2.40. The lowest BCUT2D eigenvalue weighted by Crippen LogP contribution is -2.55. The molecule has 2 bridgehead atoms. The number of piperidine rings is 1. The minimum Gasteiger partial charge on any atom is -0.477 e. The number of pyridine rings is 1. The second-order valence-corrected chi connectivity index (χ2v) is 10.2. The van der Waals surface area contributed by atoms with E-state index in [-0.39, 0.29) is 23.7 Å². The predicted molar refractivity (Wildman–Crippen MR) is 129 cm³/mol. The molecule has 2 aromatic rings. The first-order valence-corrected chi connectivity index (χ1v) is 12.4. The van der Waals surface area contributed by atoms with Crippen molar-refractivity contribution in [3.05, 3.63) is 53.5 Å². The number of amides is 2. The number of aromatic nitrogens is 1. The van der Waals surface area contributed by atoms with Crippen LogP contribution in [0.2, 0.25) is 0 Å². The van der Waals surface area contributed by atoms with Crippen LogP contribution in [0.15, 0.2) is 36.5 Å². The molecular weight excluding hydrogens is 530 g/mol. The van der Waals surface area contributed by atoms with Gasteiger partial charge in [-0.25, -0.2) is 18.2 Å². The van der Waals surface area contributed by atoms with E-state index < -0.39 is 53.7 Å². The minimum atomic E-state index is -4.86. The van der Waals surface area contributed by atoms with E-state index in [0.29, 0.717) is 24.7 Å². The minimum absolute atomic E-state index is 0.0259. The molecule has 0 radical (unpaired) electrons. The second-order valence-electron chi connectivity index (χ2n) is 10.2. The number of hydrogen-bond donors (Lipinski definition) is 2. The predicted octanol–water partition coefficient (Wildman–Crippen LogP) is 4.71. The molecule has 2 aliphatic heterocycles. The van der Waals surface area contributed by atoms with Crippen molar-refractivity contribution in [3.63, 3.8) is 0 Å². The van der Waals surface area contributed by atoms with Crippen molar-refractivity contribution < 1.29 is 40.7 Å². The zero-order valence-corrected chi connectivity index (χ0v) is 21.2. The monoisotopic (exact) mass is 558 g/mol. The van der Waals surface area contributed by atoms with Crippen LogP contribution >= 0.6 is 0 Å². The Labute approximate surface area is 220 Å². The Morgan fingerprint density at radius 1 is 1.10 bits per heavy atom. The van der Waals surface area contributed by atoms with Gasteiger partial charge in [0.1, 0.15) is 22.9 Å². The molecule has 0 unspecified atom stereocenters. The topological polar surface area (TPSA) is 83.6 Å². The zero-order valence-electron chi connectivity index (χ0n) is 21.2. The van der Waals surface area contributed by atoms with Gasteiger partial charge in [-0.3, -0.25) is 9.59 Å². The first kappa shape index (κ1) is 28.5. The van der Waals surface area contributed by atoms with Crippen molar-refractivity contribution in [2.45, 2.75) is 75.9 Å². The lowest BCUT2D eigenvalue weighted by Gasteiger charge is -2.41. The van der Waals surface area contributed by atoms with Crippen molar-refractivity contribution in [1.82, 2.24) is 15.6 Å². The van der Waals surface area contributed by atoms with E-state index in [1.165, 1.54) is 26.1 Å². The number of halogens is 6. The van der Waals surface area contributed by atoms with Crippen LogP contribution in [0.3, 0.4) is 0 Å². The first-order chi connectivity index (χ1) is 18.2. The molecule has 0 aliphatic carbocycles. The van der Waals surface area contributed by atoms with E-state index in [0.717, 1.165) is 25.0 Å². The van der Waals surface area contributed by atoms with Crippen molar-refractivity contribution in [2.75, 3.05) is 11.4 Å². The van der Waals surface area contributed by atoms with Gasteiger partial charge in [0, 0.05) is 24.3 Å². The molecule has 0 saturated carbocycles. The summed E-state index contributed by atoms with van der Waals surface area (Å²) in [5.74, 6) is -2.34. The lowest BCUT2D eigenvalue weighted by atomic mass is 9.96. The Hall–Kier alpha value is -3.51. The molecule has 1 aromatic carbocycles. The van der Waals surface area contributed by atoms with Crippen LogP contribution in [0.25, 0.3) is 0 Å². The van der Waals surface area contributed by atoms with E-state index in [1.807, 2.05) is 0 Å². The van der Waals surface area contributed by atoms with E-state index in [4.69, 9.17) is 4.74 Å². The lowest BCUT2D eigenvalue weighted by molar-refractivity contribution is -0.144. The van der Waals surface area contributed by atoms with E-state index in [1.54, 1.807) is 6.07 Å². The number of rotatable bonds is 8. The fourth-order valence-corrected chi connectivity index (χ4v) is 5.11. The third-order valence-corrected chi connectivity index (χ3v) is 6.92. The third kappa shape index (κ3) is 6.56. The van der Waals surface area contributed by atoms with Gasteiger partial charge in [0.25, 0.3) is 18.2 Å². The number of nitrogens with zero attached hydrogens (tertiary/aromatic N) is 2. The number of carbonyl (C=O) groups is 2. The maximum Gasteiger partial charge on any atom is 0.420 e. The van der Waals surface area contributed by atoms with Crippen molar-refractivity contribution in [3.8, 4) is 5.75 Å². The quantitative estimate of drug-likeness (QED) is 0.459. The molecule has 2 N–H and O–H groups in total. The number of fused-ring (bicyclic) bond motifs is 2. The third-order valence-electron chi connectivity index (χ3n) is 6.92. The van der Waals surface area contributed by atoms with Gasteiger partial charge in [-0.05, 0) is 69.9 Å². The molecule has 212 valence electrons. The molecule has 39 heavy (non-hydrogen) atoms. The molecule has 1 aromatic heterocycles. The summed E-state index contributed by atoms with van der Waals surface area (Å²) in [5.41, 5.74) is -2.82. The highest BCUT2D eigenvalue weighted by atomic mass is 19.4. The van der Waals surface area contributed by atoms with Gasteiger partial charge in [-0.15, -0.1) is 0 Å². The largest absolute Gasteiger partial charge is 0.477 e. The molecule has 13 heteroatoms. The molecule has 2 saturated heterocycles. The summed E-state index contributed by atoms with van der Waals surface area (Å²) in [6, 6.07) is 4.97. The van der Waals surface area contributed by atoms with Gasteiger partial charge in [-0.1, -0.05) is 0 Å². The van der Waals surface area contributed by atoms with E-state index in [2.05, 4.69) is 20.5 Å². The Morgan fingerprint density at radius 3 is 2.33 bits per heavy atom. The maximum atomic E-state index is 13.4. The highest BCUT2D eigenvalue weighted by molar-refractivity contribution is 5.94. The Bertz CT molecular complexity index is 1190. The highest BCUT2D eigenvalue weighted by Gasteiger charge is 2.44. The average Bonchev–Trinajstić information content (AvgIpc) is 3.12. The van der Waals surface area contributed by atoms with Gasteiger partial charge in [-0.2, -0.15) is 13.2 Å². The molecule has 4 rings (SSSR count). The zero-order chi connectivity index (χ0) is 28.5. The van der Waals surface area contributed by atoms with Crippen LogP contribution < -0.4 is 20.3 Å². The van der Waals surface area contributed by atoms with Gasteiger partial charge < -0.3 is 20.3 Å². The Balaban J connectivity index is 1.38. The van der Waals surface area contributed by atoms with Crippen molar-refractivity contribution >= 4 is 17.6 Å². The molecular formula is C26H28F6N4O3. The number of nitrogens with one attached hydrogen (secondary N) is 2. The van der Waals surface area contributed by atoms with Crippen LogP contribution in [-0.2, 0) is 11.0 Å². The normalized spacial score (nSPS) is 21.2. The van der Waals surface area contributed by atoms with Crippen LogP contribution in [0.5, 0.6) is 5.75 Å². The van der Waals surface area contributed by atoms with Crippen LogP contribution in [0.1, 0.15) is 55.5 Å². The molecule has 2 amide bonds. The van der Waals surface area contributed by atoms with Gasteiger partial charge in [0.2, 0.25) is 0 Å². The summed E-state index contributed by atoms with van der Waals surface area (Å²) in [6.45, 7) is 1.94.